The number of aromatic nitrogens is 4. The molecule has 6 rings (SSSR count). The Kier molecular flexibility index (Phi) is 8.90. The fourth-order valence-corrected chi connectivity index (χ4v) is 7.09. The van der Waals surface area contributed by atoms with Gasteiger partial charge >= 0.3 is 13.7 Å². The highest BCUT2D eigenvalue weighted by atomic mass is 31.2. The molecule has 4 aromatic rings. The van der Waals surface area contributed by atoms with Gasteiger partial charge in [0.05, 0.1) is 31.1 Å². The first kappa shape index (κ1) is 31.8. The zero-order valence-electron chi connectivity index (χ0n) is 26.2. The van der Waals surface area contributed by atoms with Crippen molar-refractivity contribution in [3.8, 4) is 18.1 Å². The maximum atomic E-state index is 14.3. The number of esters is 1. The first-order valence-corrected chi connectivity index (χ1v) is 16.8. The van der Waals surface area contributed by atoms with Crippen LogP contribution < -0.4 is 20.2 Å². The van der Waals surface area contributed by atoms with E-state index in [0.717, 1.165) is 23.6 Å². The molecule has 3 N–H and O–H groups in total. The van der Waals surface area contributed by atoms with E-state index >= 15 is 0 Å². The number of nitrogen functional groups attached to an aromatic ring is 1. The third-order valence-corrected chi connectivity index (χ3v) is 9.62. The van der Waals surface area contributed by atoms with Crippen LogP contribution in [0.25, 0.3) is 21.9 Å². The number of anilines is 2. The second kappa shape index (κ2) is 12.9. The number of benzene rings is 2. The first-order chi connectivity index (χ1) is 22.0. The molecule has 1 aliphatic heterocycles. The summed E-state index contributed by atoms with van der Waals surface area (Å²) < 4.78 is 39.8. The lowest BCUT2D eigenvalue weighted by Crippen LogP contribution is -2.36. The Balaban J connectivity index is 1.23. The molecule has 2 aromatic carbocycles. The van der Waals surface area contributed by atoms with Gasteiger partial charge in [-0.15, -0.1) is 6.42 Å². The van der Waals surface area contributed by atoms with Crippen LogP contribution in [0.2, 0.25) is 0 Å². The maximum Gasteiger partial charge on any atom is 0.459 e. The minimum Gasteiger partial charge on any atom is -0.462 e. The van der Waals surface area contributed by atoms with Crippen LogP contribution in [0.4, 0.5) is 11.8 Å². The third-order valence-electron chi connectivity index (χ3n) is 7.99. The quantitative estimate of drug-likeness (QED) is 0.123. The molecular formula is C32H38N7O6P. The number of nitrogens with zero attached hydrogens (tertiary/aromatic N) is 5. The number of hydrogen-bond donors (Lipinski definition) is 2. The predicted octanol–water partition coefficient (Wildman–Crippen LogP) is 4.83. The molecule has 13 nitrogen and oxygen atoms in total. The Labute approximate surface area is 267 Å². The second-order valence-corrected chi connectivity index (χ2v) is 13.6. The van der Waals surface area contributed by atoms with Crippen molar-refractivity contribution in [2.75, 3.05) is 24.3 Å². The molecule has 242 valence electrons. The van der Waals surface area contributed by atoms with Crippen LogP contribution in [0.1, 0.15) is 46.3 Å². The van der Waals surface area contributed by atoms with Crippen molar-refractivity contribution in [3.63, 3.8) is 0 Å². The molecule has 1 aliphatic carbocycles. The number of fused-ring (bicyclic) bond motifs is 2. The van der Waals surface area contributed by atoms with Gasteiger partial charge in [0.2, 0.25) is 5.95 Å². The van der Waals surface area contributed by atoms with Gasteiger partial charge in [-0.1, -0.05) is 42.3 Å². The van der Waals surface area contributed by atoms with Gasteiger partial charge < -0.3 is 24.6 Å². The van der Waals surface area contributed by atoms with E-state index in [0.29, 0.717) is 35.2 Å². The van der Waals surface area contributed by atoms with E-state index in [-0.39, 0.29) is 24.6 Å². The molecule has 1 saturated heterocycles. The number of carbonyl (C=O) groups excluding carboxylic acids is 1. The van der Waals surface area contributed by atoms with Gasteiger partial charge in [-0.2, -0.15) is 15.1 Å². The lowest BCUT2D eigenvalue weighted by molar-refractivity contribution is -0.149. The number of carbonyl (C=O) groups is 1. The van der Waals surface area contributed by atoms with Crippen molar-refractivity contribution < 1.29 is 27.9 Å². The molecule has 1 unspecified atom stereocenters. The normalized spacial score (nSPS) is 21.6. The highest BCUT2D eigenvalue weighted by Crippen LogP contribution is 2.48. The standard InChI is InChI=1S/C32H38N7O6P/c1-6-21-16-24(44-30(21)39-18-34-27-28(38(5)23-14-15-23)35-32(33)36-29(27)39)17-42-46(41,37-20(4)31(40)43-19(2)3)45-26-13-9-11-22-10-7-8-12-25(22)26/h1,7-13,18-21,23-24,30H,14-17H2,2-5H3,(H,37,41)(H2,33,35,36)/t20-,21+,24+,30-,46?/m1/s1. The van der Waals surface area contributed by atoms with Gasteiger partial charge in [0.25, 0.3) is 0 Å². The van der Waals surface area contributed by atoms with Crippen LogP contribution >= 0.6 is 7.75 Å². The number of nitrogens with two attached hydrogens (primary N) is 1. The molecule has 2 aliphatic rings. The van der Waals surface area contributed by atoms with Gasteiger partial charge in [0.15, 0.2) is 23.2 Å². The number of rotatable bonds is 12. The summed E-state index contributed by atoms with van der Waals surface area (Å²) in [5.74, 6) is 2.95. The minimum atomic E-state index is -4.17. The second-order valence-electron chi connectivity index (χ2n) is 11.9. The Bertz CT molecular complexity index is 1830. The van der Waals surface area contributed by atoms with Crippen LogP contribution in [0, 0.1) is 18.3 Å². The van der Waals surface area contributed by atoms with E-state index in [4.69, 9.17) is 30.7 Å². The molecule has 0 amide bonds. The summed E-state index contributed by atoms with van der Waals surface area (Å²) >= 11 is 0. The van der Waals surface area contributed by atoms with Crippen LogP contribution in [0.5, 0.6) is 5.75 Å². The lowest BCUT2D eigenvalue weighted by atomic mass is 10.0. The molecule has 0 spiro atoms. The Hall–Kier alpha value is -4.21. The fraction of sp³-hybridized carbons (Fsp3) is 0.438. The van der Waals surface area contributed by atoms with E-state index < -0.39 is 32.1 Å². The molecule has 1 saturated carbocycles. The summed E-state index contributed by atoms with van der Waals surface area (Å²) in [6.45, 7) is 4.86. The molecule has 2 aromatic heterocycles. The molecule has 0 bridgehead atoms. The Morgan fingerprint density at radius 1 is 1.22 bits per heavy atom. The van der Waals surface area contributed by atoms with Gasteiger partial charge in [0, 0.05) is 18.5 Å². The third kappa shape index (κ3) is 6.66. The molecule has 14 heteroatoms. The van der Waals surface area contributed by atoms with Gasteiger partial charge in [-0.3, -0.25) is 13.9 Å². The highest BCUT2D eigenvalue weighted by Gasteiger charge is 2.40. The molecule has 0 radical (unpaired) electrons. The predicted molar refractivity (Wildman–Crippen MR) is 174 cm³/mol. The number of imidazole rings is 1. The molecule has 3 heterocycles. The van der Waals surface area contributed by atoms with E-state index in [9.17, 15) is 9.36 Å². The van der Waals surface area contributed by atoms with E-state index in [1.165, 1.54) is 6.92 Å². The van der Waals surface area contributed by atoms with Crippen LogP contribution in [-0.2, 0) is 23.4 Å². The lowest BCUT2D eigenvalue weighted by Gasteiger charge is -2.25. The van der Waals surface area contributed by atoms with Crippen molar-refractivity contribution in [1.29, 1.82) is 0 Å². The van der Waals surface area contributed by atoms with E-state index in [1.54, 1.807) is 36.9 Å². The Morgan fingerprint density at radius 2 is 1.98 bits per heavy atom. The van der Waals surface area contributed by atoms with Crippen LogP contribution in [-0.4, -0.2) is 63.4 Å². The van der Waals surface area contributed by atoms with Crippen LogP contribution in [0.15, 0.2) is 48.8 Å². The molecular weight excluding hydrogens is 609 g/mol. The maximum absolute atomic E-state index is 14.3. The van der Waals surface area contributed by atoms with Gasteiger partial charge in [-0.25, -0.2) is 9.55 Å². The number of terminal acetylenes is 1. The summed E-state index contributed by atoms with van der Waals surface area (Å²) in [7, 11) is -2.20. The fourth-order valence-electron chi connectivity index (χ4n) is 5.55. The summed E-state index contributed by atoms with van der Waals surface area (Å²) in [4.78, 5) is 28.2. The van der Waals surface area contributed by atoms with Crippen molar-refractivity contribution in [3.05, 3.63) is 48.8 Å². The minimum absolute atomic E-state index is 0.120. The monoisotopic (exact) mass is 647 g/mol. The Morgan fingerprint density at radius 3 is 2.72 bits per heavy atom. The van der Waals surface area contributed by atoms with Gasteiger partial charge in [0.1, 0.15) is 11.8 Å². The van der Waals surface area contributed by atoms with Crippen LogP contribution in [0.3, 0.4) is 0 Å². The van der Waals surface area contributed by atoms with Crippen molar-refractivity contribution in [2.24, 2.45) is 5.92 Å². The average Bonchev–Trinajstić information content (AvgIpc) is 3.67. The van der Waals surface area contributed by atoms with E-state index in [2.05, 4.69) is 30.9 Å². The smallest absolute Gasteiger partial charge is 0.459 e. The van der Waals surface area contributed by atoms with Crippen molar-refractivity contribution in [2.45, 2.75) is 70.6 Å². The summed E-state index contributed by atoms with van der Waals surface area (Å²) in [6.07, 6.45) is 8.58. The largest absolute Gasteiger partial charge is 0.462 e. The SMILES string of the molecule is C#C[C@H]1C[C@@H](COP(=O)(N[C@H](C)C(=O)OC(C)C)Oc2cccc3ccccc23)O[C@H]1n1cnc2c(N(C)C3CC3)nc(N)nc21. The number of nitrogens with one attached hydrogen (secondary N) is 1. The van der Waals surface area contributed by atoms with Crippen molar-refractivity contribution >= 4 is 47.4 Å². The van der Waals surface area contributed by atoms with E-state index in [1.807, 2.05) is 37.4 Å². The number of hydrogen-bond acceptors (Lipinski definition) is 11. The summed E-state index contributed by atoms with van der Waals surface area (Å²) in [5.41, 5.74) is 7.21. The van der Waals surface area contributed by atoms with Crippen molar-refractivity contribution in [1.82, 2.24) is 24.6 Å². The molecule has 2 fully saturated rings. The summed E-state index contributed by atoms with van der Waals surface area (Å²) in [5, 5.41) is 4.37. The van der Waals surface area contributed by atoms with Gasteiger partial charge in [-0.05, 0) is 51.5 Å². The topological polar surface area (TPSA) is 156 Å². The average molecular weight is 648 g/mol. The zero-order chi connectivity index (χ0) is 32.6. The first-order valence-electron chi connectivity index (χ1n) is 15.3. The summed E-state index contributed by atoms with van der Waals surface area (Å²) in [6, 6.07) is 12.3. The highest BCUT2D eigenvalue weighted by molar-refractivity contribution is 7.52. The number of ether oxygens (including phenoxy) is 2. The molecule has 46 heavy (non-hydrogen) atoms. The zero-order valence-corrected chi connectivity index (χ0v) is 27.1. The molecule has 5 atom stereocenters.